The molecule has 5 heteroatoms. The first-order valence-corrected chi connectivity index (χ1v) is 11.5. The van der Waals surface area contributed by atoms with Crippen LogP contribution in [0.2, 0.25) is 5.02 Å². The number of halogens is 1. The number of hydrogen-bond donors (Lipinski definition) is 0. The normalized spacial score (nSPS) is 19.9. The Hall–Kier alpha value is -2.56. The van der Waals surface area contributed by atoms with E-state index in [0.29, 0.717) is 5.02 Å². The summed E-state index contributed by atoms with van der Waals surface area (Å²) in [4.78, 5) is 27.8. The molecule has 1 amide bonds. The van der Waals surface area contributed by atoms with Gasteiger partial charge in [0.15, 0.2) is 5.12 Å². The molecule has 4 rings (SSSR count). The van der Waals surface area contributed by atoms with Gasteiger partial charge in [0.05, 0.1) is 0 Å². The number of amides is 1. The van der Waals surface area contributed by atoms with E-state index in [1.807, 2.05) is 104 Å². The molecule has 0 aliphatic carbocycles. The monoisotopic (exact) mass is 449 g/mol. The van der Waals surface area contributed by atoms with E-state index in [9.17, 15) is 9.59 Å². The van der Waals surface area contributed by atoms with Crippen LogP contribution in [0.1, 0.15) is 37.5 Å². The van der Waals surface area contributed by atoms with Gasteiger partial charge in [-0.3, -0.25) is 9.59 Å². The lowest BCUT2D eigenvalue weighted by atomic mass is 9.58. The van der Waals surface area contributed by atoms with Gasteiger partial charge in [0, 0.05) is 18.0 Å². The second kappa shape index (κ2) is 8.18. The van der Waals surface area contributed by atoms with Crippen LogP contribution in [-0.2, 0) is 19.9 Å². The van der Waals surface area contributed by atoms with E-state index in [4.69, 9.17) is 11.6 Å². The van der Waals surface area contributed by atoms with Crippen LogP contribution >= 0.6 is 23.4 Å². The molecule has 1 heterocycles. The average molecular weight is 450 g/mol. The summed E-state index contributed by atoms with van der Waals surface area (Å²) in [5.74, 6) is -0.0106. The lowest BCUT2D eigenvalue weighted by molar-refractivity contribution is -0.166. The van der Waals surface area contributed by atoms with Gasteiger partial charge < -0.3 is 4.90 Å². The molecule has 0 radical (unpaired) electrons. The van der Waals surface area contributed by atoms with E-state index in [2.05, 4.69) is 0 Å². The van der Waals surface area contributed by atoms with Crippen molar-refractivity contribution < 1.29 is 9.59 Å². The van der Waals surface area contributed by atoms with Crippen LogP contribution in [0.3, 0.4) is 0 Å². The van der Waals surface area contributed by atoms with Gasteiger partial charge in [-0.1, -0.05) is 96.2 Å². The van der Waals surface area contributed by atoms with Crippen molar-refractivity contribution >= 4 is 34.4 Å². The van der Waals surface area contributed by atoms with Crippen LogP contribution in [0.4, 0.5) is 0 Å². The fraction of sp³-hybridized carbons (Fsp3) is 0.231. The van der Waals surface area contributed by atoms with Gasteiger partial charge in [0.2, 0.25) is 5.91 Å². The van der Waals surface area contributed by atoms with Crippen molar-refractivity contribution in [2.45, 2.75) is 37.1 Å². The van der Waals surface area contributed by atoms with Crippen molar-refractivity contribution in [2.24, 2.45) is 0 Å². The molecular weight excluding hydrogens is 426 g/mol. The van der Waals surface area contributed by atoms with Crippen LogP contribution in [-0.4, -0.2) is 22.0 Å². The van der Waals surface area contributed by atoms with E-state index in [1.165, 1.54) is 11.8 Å². The molecule has 31 heavy (non-hydrogen) atoms. The maximum Gasteiger partial charge on any atom is 0.243 e. The average Bonchev–Trinajstić information content (AvgIpc) is 2.75. The number of carbonyl (C=O) groups is 2. The van der Waals surface area contributed by atoms with Gasteiger partial charge >= 0.3 is 0 Å². The number of hydrogen-bond acceptors (Lipinski definition) is 3. The van der Waals surface area contributed by atoms with Crippen molar-refractivity contribution in [1.29, 1.82) is 0 Å². The zero-order valence-electron chi connectivity index (χ0n) is 17.7. The molecule has 0 spiro atoms. The quantitative estimate of drug-likeness (QED) is 0.447. The van der Waals surface area contributed by atoms with Gasteiger partial charge in [-0.05, 0) is 42.7 Å². The van der Waals surface area contributed by atoms with Crippen molar-refractivity contribution in [3.8, 4) is 0 Å². The first kappa shape index (κ1) is 21.7. The number of carbonyl (C=O) groups excluding carboxylic acids is 2. The molecule has 0 aromatic heterocycles. The fourth-order valence-corrected chi connectivity index (χ4v) is 6.46. The topological polar surface area (TPSA) is 37.4 Å². The highest BCUT2D eigenvalue weighted by Crippen LogP contribution is 2.66. The lowest BCUT2D eigenvalue weighted by Crippen LogP contribution is -2.78. The Balaban J connectivity index is 2.14. The zero-order valence-corrected chi connectivity index (χ0v) is 19.3. The van der Waals surface area contributed by atoms with Crippen LogP contribution in [0.25, 0.3) is 0 Å². The molecule has 1 atom stereocenters. The summed E-state index contributed by atoms with van der Waals surface area (Å²) in [5, 5.41) is 0.558. The van der Waals surface area contributed by atoms with E-state index >= 15 is 0 Å². The molecule has 1 aliphatic heterocycles. The summed E-state index contributed by atoms with van der Waals surface area (Å²) in [7, 11) is 0. The number of β-lactam (4-membered cyclic amide) rings is 1. The van der Waals surface area contributed by atoms with E-state index in [0.717, 1.165) is 16.7 Å². The predicted octanol–water partition coefficient (Wildman–Crippen LogP) is 6.01. The van der Waals surface area contributed by atoms with Gasteiger partial charge in [-0.2, -0.15) is 0 Å². The van der Waals surface area contributed by atoms with E-state index in [1.54, 1.807) is 6.92 Å². The summed E-state index contributed by atoms with van der Waals surface area (Å²) in [5.41, 5.74) is 1.56. The third-order valence-electron chi connectivity index (χ3n) is 5.84. The molecule has 1 saturated heterocycles. The third-order valence-corrected chi connectivity index (χ3v) is 7.42. The Bertz CT molecular complexity index is 1060. The number of rotatable bonds is 5. The predicted molar refractivity (Wildman–Crippen MR) is 127 cm³/mol. The van der Waals surface area contributed by atoms with Crippen molar-refractivity contribution in [3.63, 3.8) is 0 Å². The summed E-state index contributed by atoms with van der Waals surface area (Å²) in [6, 6.07) is 27.0. The van der Waals surface area contributed by atoms with Crippen LogP contribution in [0.5, 0.6) is 0 Å². The minimum atomic E-state index is -1.05. The van der Waals surface area contributed by atoms with Crippen molar-refractivity contribution in [3.05, 3.63) is 107 Å². The number of thioether (sulfide) groups is 1. The van der Waals surface area contributed by atoms with E-state index in [-0.39, 0.29) is 17.1 Å². The fourth-order valence-electron chi connectivity index (χ4n) is 4.80. The molecule has 3 aromatic carbocycles. The Morgan fingerprint density at radius 3 is 1.74 bits per heavy atom. The number of benzene rings is 3. The van der Waals surface area contributed by atoms with Crippen LogP contribution in [0, 0.1) is 0 Å². The minimum Gasteiger partial charge on any atom is -0.318 e. The third kappa shape index (κ3) is 3.12. The zero-order chi connectivity index (χ0) is 22.2. The molecule has 1 fully saturated rings. The first-order valence-electron chi connectivity index (χ1n) is 10.3. The largest absolute Gasteiger partial charge is 0.318 e. The Morgan fingerprint density at radius 2 is 1.32 bits per heavy atom. The van der Waals surface area contributed by atoms with Crippen molar-refractivity contribution in [2.75, 3.05) is 0 Å². The summed E-state index contributed by atoms with van der Waals surface area (Å²) < 4.78 is 0. The highest BCUT2D eigenvalue weighted by molar-refractivity contribution is 8.14. The standard InChI is InChI=1S/C26H24ClNO2S/c1-18(2)28-24(30)25(20-10-6-4-7-11-20,21-12-8-5-9-13-21)26(28,31-19(3)29)22-14-16-23(27)17-15-22/h4-18H,1-3H3. The van der Waals surface area contributed by atoms with Gasteiger partial charge in [-0.25, -0.2) is 0 Å². The summed E-state index contributed by atoms with van der Waals surface area (Å²) in [6.45, 7) is 5.54. The molecule has 3 aromatic rings. The second-order valence-electron chi connectivity index (χ2n) is 8.00. The molecule has 1 unspecified atom stereocenters. The molecule has 1 aliphatic rings. The Kier molecular flexibility index (Phi) is 5.71. The van der Waals surface area contributed by atoms with Gasteiger partial charge in [-0.15, -0.1) is 0 Å². The minimum absolute atomic E-state index is 0.0106. The molecule has 0 N–H and O–H groups in total. The molecule has 158 valence electrons. The molecule has 3 nitrogen and oxygen atoms in total. The van der Waals surface area contributed by atoms with Crippen LogP contribution < -0.4 is 0 Å². The maximum atomic E-state index is 14.1. The highest BCUT2D eigenvalue weighted by atomic mass is 35.5. The Labute approximate surface area is 192 Å². The molecule has 0 bridgehead atoms. The lowest BCUT2D eigenvalue weighted by Gasteiger charge is -2.66. The number of nitrogens with zero attached hydrogens (tertiary/aromatic N) is 1. The van der Waals surface area contributed by atoms with E-state index < -0.39 is 10.3 Å². The first-order chi connectivity index (χ1) is 14.9. The summed E-state index contributed by atoms with van der Waals surface area (Å²) in [6.07, 6.45) is 0. The summed E-state index contributed by atoms with van der Waals surface area (Å²) >= 11 is 7.41. The second-order valence-corrected chi connectivity index (χ2v) is 9.80. The van der Waals surface area contributed by atoms with Gasteiger partial charge in [0.25, 0.3) is 0 Å². The number of likely N-dealkylation sites (tertiary alicyclic amines) is 1. The highest BCUT2D eigenvalue weighted by Gasteiger charge is 2.74. The SMILES string of the molecule is CC(=O)SC1(c2ccc(Cl)cc2)N(C(C)C)C(=O)C1(c1ccccc1)c1ccccc1. The van der Waals surface area contributed by atoms with Crippen LogP contribution in [0.15, 0.2) is 84.9 Å². The molecular formula is C26H24ClNO2S. The Morgan fingerprint density at radius 1 is 0.839 bits per heavy atom. The van der Waals surface area contributed by atoms with Gasteiger partial charge in [0.1, 0.15) is 10.3 Å². The maximum absolute atomic E-state index is 14.1. The van der Waals surface area contributed by atoms with Crippen molar-refractivity contribution in [1.82, 2.24) is 4.90 Å². The smallest absolute Gasteiger partial charge is 0.243 e. The molecule has 0 saturated carbocycles.